The number of benzene rings is 1. The van der Waals surface area contributed by atoms with Crippen molar-refractivity contribution in [2.75, 3.05) is 6.61 Å². The molecule has 12 heteroatoms. The Morgan fingerprint density at radius 3 is 1.94 bits per heavy atom. The summed E-state index contributed by atoms with van der Waals surface area (Å²) in [6, 6.07) is 0.614. The number of carboxylic acids is 1. The lowest BCUT2D eigenvalue weighted by atomic mass is 10.0. The predicted octanol–water partition coefficient (Wildman–Crippen LogP) is -1.78. The molecule has 12 nitrogen and oxygen atoms in total. The maximum Gasteiger partial charge on any atom is 0.326 e. The van der Waals surface area contributed by atoms with Gasteiger partial charge in [0.15, 0.2) is 0 Å². The maximum atomic E-state index is 12.9. The van der Waals surface area contributed by atoms with Gasteiger partial charge in [-0.3, -0.25) is 14.4 Å². The first-order valence-electron chi connectivity index (χ1n) is 10.8. The maximum absolute atomic E-state index is 12.9. The number of carbonyl (C=O) groups excluding carboxylic acids is 3. The minimum absolute atomic E-state index is 0.0130. The first kappa shape index (κ1) is 28.8. The molecule has 1 aromatic rings. The molecule has 34 heavy (non-hydrogen) atoms. The molecule has 1 aromatic carbocycles. The molecule has 5 unspecified atom stereocenters. The Morgan fingerprint density at radius 2 is 1.47 bits per heavy atom. The third-order valence-electron chi connectivity index (χ3n) is 4.93. The van der Waals surface area contributed by atoms with Crippen molar-refractivity contribution in [3.63, 3.8) is 0 Å². The number of phenols is 1. The van der Waals surface area contributed by atoms with Crippen LogP contribution in [0.25, 0.3) is 0 Å². The molecule has 1 rings (SSSR count). The van der Waals surface area contributed by atoms with E-state index in [2.05, 4.69) is 16.0 Å². The first-order valence-corrected chi connectivity index (χ1v) is 10.8. The average Bonchev–Trinajstić information content (AvgIpc) is 2.76. The zero-order valence-corrected chi connectivity index (χ0v) is 19.4. The molecule has 5 atom stereocenters. The van der Waals surface area contributed by atoms with E-state index in [1.54, 1.807) is 13.8 Å². The summed E-state index contributed by atoms with van der Waals surface area (Å²) in [5.74, 6) is -3.84. The van der Waals surface area contributed by atoms with Gasteiger partial charge >= 0.3 is 5.97 Å². The molecule has 0 aliphatic carbocycles. The van der Waals surface area contributed by atoms with Gasteiger partial charge in [-0.15, -0.1) is 0 Å². The largest absolute Gasteiger partial charge is 0.508 e. The SMILES string of the molecule is CC(C)CC(NC(=O)C(NC(=O)C(N)CO)C(C)O)C(=O)NC(Cc1ccc(O)cc1)C(=O)O. The number of rotatable bonds is 13. The summed E-state index contributed by atoms with van der Waals surface area (Å²) in [6.07, 6.45) is -1.26. The molecule has 0 saturated carbocycles. The van der Waals surface area contributed by atoms with Gasteiger partial charge in [0.1, 0.15) is 29.9 Å². The van der Waals surface area contributed by atoms with Crippen LogP contribution in [0.4, 0.5) is 0 Å². The third kappa shape index (κ3) is 9.33. The molecule has 0 aliphatic heterocycles. The number of amides is 3. The highest BCUT2D eigenvalue weighted by Crippen LogP contribution is 2.12. The lowest BCUT2D eigenvalue weighted by Crippen LogP contribution is -2.60. The molecule has 3 amide bonds. The van der Waals surface area contributed by atoms with Crippen molar-refractivity contribution in [3.05, 3.63) is 29.8 Å². The summed E-state index contributed by atoms with van der Waals surface area (Å²) in [6.45, 7) is 4.18. The Bertz CT molecular complexity index is 844. The highest BCUT2D eigenvalue weighted by molar-refractivity contribution is 5.94. The number of aliphatic hydroxyl groups is 2. The van der Waals surface area contributed by atoms with Crippen molar-refractivity contribution in [1.29, 1.82) is 0 Å². The van der Waals surface area contributed by atoms with E-state index in [9.17, 15) is 34.5 Å². The van der Waals surface area contributed by atoms with Crippen LogP contribution in [-0.4, -0.2) is 81.0 Å². The number of nitrogens with two attached hydrogens (primary N) is 1. The number of aliphatic hydroxyl groups excluding tert-OH is 2. The van der Waals surface area contributed by atoms with Crippen LogP contribution in [-0.2, 0) is 25.6 Å². The smallest absolute Gasteiger partial charge is 0.326 e. The second-order valence-corrected chi connectivity index (χ2v) is 8.48. The van der Waals surface area contributed by atoms with Crippen molar-refractivity contribution in [3.8, 4) is 5.75 Å². The second-order valence-electron chi connectivity index (χ2n) is 8.48. The van der Waals surface area contributed by atoms with Gasteiger partial charge in [0, 0.05) is 6.42 Å². The Labute approximate surface area is 197 Å². The summed E-state index contributed by atoms with van der Waals surface area (Å²) in [5, 5.41) is 45.0. The number of phenolic OH excluding ortho intramolecular Hbond substituents is 1. The molecule has 0 radical (unpaired) electrons. The van der Waals surface area contributed by atoms with E-state index in [4.69, 9.17) is 10.8 Å². The Balaban J connectivity index is 2.98. The quantitative estimate of drug-likeness (QED) is 0.159. The minimum atomic E-state index is -1.46. The van der Waals surface area contributed by atoms with Gasteiger partial charge < -0.3 is 42.1 Å². The molecule has 0 heterocycles. The van der Waals surface area contributed by atoms with Crippen molar-refractivity contribution >= 4 is 23.7 Å². The third-order valence-corrected chi connectivity index (χ3v) is 4.93. The van der Waals surface area contributed by atoms with Gasteiger partial charge in [0.05, 0.1) is 12.7 Å². The summed E-state index contributed by atoms with van der Waals surface area (Å²) < 4.78 is 0. The van der Waals surface area contributed by atoms with Crippen molar-refractivity contribution in [2.45, 2.75) is 63.9 Å². The van der Waals surface area contributed by atoms with Gasteiger partial charge in [0.25, 0.3) is 0 Å². The summed E-state index contributed by atoms with van der Waals surface area (Å²) in [5.41, 5.74) is 5.99. The number of nitrogens with one attached hydrogen (secondary N) is 3. The molecule has 0 saturated heterocycles. The van der Waals surface area contributed by atoms with Crippen molar-refractivity contribution in [1.82, 2.24) is 16.0 Å². The normalized spacial score (nSPS) is 15.5. The van der Waals surface area contributed by atoms with Crippen LogP contribution in [0.5, 0.6) is 5.75 Å². The van der Waals surface area contributed by atoms with Gasteiger partial charge in [-0.25, -0.2) is 4.79 Å². The predicted molar refractivity (Wildman–Crippen MR) is 121 cm³/mol. The Kier molecular flexibility index (Phi) is 11.4. The van der Waals surface area contributed by atoms with E-state index in [0.717, 1.165) is 0 Å². The summed E-state index contributed by atoms with van der Waals surface area (Å²) in [4.78, 5) is 49.4. The monoisotopic (exact) mass is 482 g/mol. The fraction of sp³-hybridized carbons (Fsp3) is 0.545. The standard InChI is InChI=1S/C22H34N4O8/c1-11(2)8-16(24-21(32)18(12(3)28)26-19(30)15(23)10-27)20(31)25-17(22(33)34)9-13-4-6-14(29)7-5-13/h4-7,11-12,15-18,27-29H,8-10,23H2,1-3H3,(H,24,32)(H,25,31)(H,26,30)(H,33,34). The van der Waals surface area contributed by atoms with Crippen LogP contribution in [0.15, 0.2) is 24.3 Å². The molecule has 190 valence electrons. The zero-order chi connectivity index (χ0) is 26.0. The fourth-order valence-corrected chi connectivity index (χ4v) is 3.05. The van der Waals surface area contributed by atoms with Crippen LogP contribution in [0.3, 0.4) is 0 Å². The van der Waals surface area contributed by atoms with E-state index < -0.39 is 60.6 Å². The number of carbonyl (C=O) groups is 4. The molecular weight excluding hydrogens is 448 g/mol. The molecule has 0 aromatic heterocycles. The topological polar surface area (TPSA) is 211 Å². The fourth-order valence-electron chi connectivity index (χ4n) is 3.05. The van der Waals surface area contributed by atoms with Crippen molar-refractivity contribution < 1.29 is 39.6 Å². The lowest BCUT2D eigenvalue weighted by molar-refractivity contribution is -0.142. The molecule has 0 aliphatic rings. The van der Waals surface area contributed by atoms with E-state index in [1.807, 2.05) is 0 Å². The van der Waals surface area contributed by atoms with E-state index in [0.29, 0.717) is 5.56 Å². The van der Waals surface area contributed by atoms with Gasteiger partial charge in [0.2, 0.25) is 17.7 Å². The van der Waals surface area contributed by atoms with E-state index in [1.165, 1.54) is 31.2 Å². The average molecular weight is 483 g/mol. The first-order chi connectivity index (χ1) is 15.8. The van der Waals surface area contributed by atoms with Crippen LogP contribution >= 0.6 is 0 Å². The lowest BCUT2D eigenvalue weighted by Gasteiger charge is -2.27. The van der Waals surface area contributed by atoms with Gasteiger partial charge in [-0.1, -0.05) is 26.0 Å². The molecule has 0 bridgehead atoms. The number of carboxylic acid groups (broad SMARTS) is 1. The van der Waals surface area contributed by atoms with Crippen molar-refractivity contribution in [2.24, 2.45) is 11.7 Å². The molecular formula is C22H34N4O8. The summed E-state index contributed by atoms with van der Waals surface area (Å²) in [7, 11) is 0. The number of hydrogen-bond acceptors (Lipinski definition) is 8. The van der Waals surface area contributed by atoms with E-state index >= 15 is 0 Å². The number of aromatic hydroxyl groups is 1. The van der Waals surface area contributed by atoms with E-state index in [-0.39, 0.29) is 24.5 Å². The minimum Gasteiger partial charge on any atom is -0.508 e. The van der Waals surface area contributed by atoms with Crippen LogP contribution in [0.1, 0.15) is 32.8 Å². The Morgan fingerprint density at radius 1 is 0.912 bits per heavy atom. The van der Waals surface area contributed by atoms with Gasteiger partial charge in [-0.2, -0.15) is 0 Å². The van der Waals surface area contributed by atoms with Crippen LogP contribution in [0, 0.1) is 5.92 Å². The highest BCUT2D eigenvalue weighted by Gasteiger charge is 2.32. The second kappa shape index (κ2) is 13.5. The number of aliphatic carboxylic acids is 1. The van der Waals surface area contributed by atoms with Crippen LogP contribution < -0.4 is 21.7 Å². The molecule has 0 spiro atoms. The van der Waals surface area contributed by atoms with Crippen LogP contribution in [0.2, 0.25) is 0 Å². The molecule has 9 N–H and O–H groups in total. The summed E-state index contributed by atoms with van der Waals surface area (Å²) >= 11 is 0. The molecule has 0 fully saturated rings. The Hall–Kier alpha value is -3.22. The highest BCUT2D eigenvalue weighted by atomic mass is 16.4. The van der Waals surface area contributed by atoms with Gasteiger partial charge in [-0.05, 0) is 37.0 Å². The number of hydrogen-bond donors (Lipinski definition) is 8. The zero-order valence-electron chi connectivity index (χ0n) is 19.4.